The average Bonchev–Trinajstić information content (AvgIpc) is 2.35. The molecule has 0 saturated heterocycles. The molecule has 0 fully saturated rings. The standard InChI is InChI=1S/C15H22BrNO2S/c1-11-8-12(16)4-5-13(11)20-9-14(19)17-10-15(2,3)6-7-18/h4-5,8,18H,6-7,9-10H2,1-3H3,(H,17,19). The predicted molar refractivity (Wildman–Crippen MR) is 88.1 cm³/mol. The van der Waals surface area contributed by atoms with Gasteiger partial charge in [-0.1, -0.05) is 29.8 Å². The Labute approximate surface area is 133 Å². The highest BCUT2D eigenvalue weighted by Gasteiger charge is 2.18. The van der Waals surface area contributed by atoms with Gasteiger partial charge in [-0.25, -0.2) is 0 Å². The molecule has 1 aromatic carbocycles. The van der Waals surface area contributed by atoms with E-state index in [1.807, 2.05) is 39.0 Å². The second-order valence-electron chi connectivity index (χ2n) is 5.61. The van der Waals surface area contributed by atoms with E-state index in [1.165, 1.54) is 0 Å². The molecule has 5 heteroatoms. The Kier molecular flexibility index (Phi) is 7.06. The van der Waals surface area contributed by atoms with Crippen molar-refractivity contribution in [3.63, 3.8) is 0 Å². The van der Waals surface area contributed by atoms with Crippen molar-refractivity contribution in [1.82, 2.24) is 5.32 Å². The molecular formula is C15H22BrNO2S. The monoisotopic (exact) mass is 359 g/mol. The number of hydrogen-bond acceptors (Lipinski definition) is 3. The minimum absolute atomic E-state index is 0.0309. The van der Waals surface area contributed by atoms with Crippen molar-refractivity contribution in [2.45, 2.75) is 32.1 Å². The molecule has 0 bridgehead atoms. The van der Waals surface area contributed by atoms with Gasteiger partial charge in [0.2, 0.25) is 5.91 Å². The van der Waals surface area contributed by atoms with Crippen molar-refractivity contribution in [2.75, 3.05) is 18.9 Å². The maximum Gasteiger partial charge on any atom is 0.230 e. The molecule has 3 nitrogen and oxygen atoms in total. The summed E-state index contributed by atoms with van der Waals surface area (Å²) in [4.78, 5) is 13.0. The highest BCUT2D eigenvalue weighted by Crippen LogP contribution is 2.25. The zero-order valence-corrected chi connectivity index (χ0v) is 14.6. The molecule has 0 unspecified atom stereocenters. The van der Waals surface area contributed by atoms with Crippen LogP contribution in [-0.4, -0.2) is 29.9 Å². The quantitative estimate of drug-likeness (QED) is 0.733. The number of thioether (sulfide) groups is 1. The molecule has 1 rings (SSSR count). The van der Waals surface area contributed by atoms with E-state index in [0.717, 1.165) is 14.9 Å². The minimum atomic E-state index is -0.0669. The molecule has 112 valence electrons. The SMILES string of the molecule is Cc1cc(Br)ccc1SCC(=O)NCC(C)(C)CCO. The molecule has 0 spiro atoms. The molecule has 0 atom stereocenters. The van der Waals surface area contributed by atoms with Crippen molar-refractivity contribution < 1.29 is 9.90 Å². The zero-order valence-electron chi connectivity index (χ0n) is 12.2. The molecule has 2 N–H and O–H groups in total. The maximum absolute atomic E-state index is 11.8. The highest BCUT2D eigenvalue weighted by atomic mass is 79.9. The average molecular weight is 360 g/mol. The van der Waals surface area contributed by atoms with Crippen LogP contribution < -0.4 is 5.32 Å². The fourth-order valence-corrected chi connectivity index (χ4v) is 3.01. The largest absolute Gasteiger partial charge is 0.396 e. The van der Waals surface area contributed by atoms with E-state index in [2.05, 4.69) is 21.2 Å². The third-order valence-electron chi connectivity index (χ3n) is 3.05. The number of carbonyl (C=O) groups excluding carboxylic acids is 1. The van der Waals surface area contributed by atoms with Crippen molar-refractivity contribution in [3.8, 4) is 0 Å². The first-order chi connectivity index (χ1) is 9.34. The van der Waals surface area contributed by atoms with Crippen LogP contribution in [0.5, 0.6) is 0 Å². The van der Waals surface area contributed by atoms with Gasteiger partial charge >= 0.3 is 0 Å². The molecule has 0 saturated carbocycles. The van der Waals surface area contributed by atoms with E-state index in [0.29, 0.717) is 18.7 Å². The molecule has 0 aliphatic carbocycles. The number of amides is 1. The van der Waals surface area contributed by atoms with Gasteiger partial charge in [0.05, 0.1) is 5.75 Å². The van der Waals surface area contributed by atoms with Gasteiger partial charge in [-0.05, 0) is 42.5 Å². The summed E-state index contributed by atoms with van der Waals surface area (Å²) >= 11 is 4.97. The minimum Gasteiger partial charge on any atom is -0.396 e. The number of aliphatic hydroxyl groups is 1. The zero-order chi connectivity index (χ0) is 15.2. The summed E-state index contributed by atoms with van der Waals surface area (Å²) in [6.07, 6.45) is 0.687. The summed E-state index contributed by atoms with van der Waals surface area (Å²) in [6.45, 7) is 6.85. The predicted octanol–water partition coefficient (Wildman–Crippen LogP) is 3.37. The van der Waals surface area contributed by atoms with Crippen LogP contribution in [0.2, 0.25) is 0 Å². The molecule has 0 aliphatic heterocycles. The lowest BCUT2D eigenvalue weighted by molar-refractivity contribution is -0.119. The summed E-state index contributed by atoms with van der Waals surface area (Å²) in [5, 5.41) is 11.9. The van der Waals surface area contributed by atoms with Crippen LogP contribution in [0.3, 0.4) is 0 Å². The molecule has 0 aromatic heterocycles. The van der Waals surface area contributed by atoms with Gasteiger partial charge in [0.25, 0.3) is 0 Å². The molecule has 20 heavy (non-hydrogen) atoms. The van der Waals surface area contributed by atoms with Gasteiger partial charge in [-0.15, -0.1) is 11.8 Å². The Morgan fingerprint density at radius 3 is 2.75 bits per heavy atom. The van der Waals surface area contributed by atoms with Crippen LogP contribution >= 0.6 is 27.7 Å². The molecular weight excluding hydrogens is 338 g/mol. The second kappa shape index (κ2) is 8.05. The molecule has 0 radical (unpaired) electrons. The van der Waals surface area contributed by atoms with Crippen LogP contribution in [0.25, 0.3) is 0 Å². The second-order valence-corrected chi connectivity index (χ2v) is 7.55. The lowest BCUT2D eigenvalue weighted by Gasteiger charge is -2.23. The number of halogens is 1. The van der Waals surface area contributed by atoms with Gasteiger partial charge in [-0.2, -0.15) is 0 Å². The van der Waals surface area contributed by atoms with Crippen molar-refractivity contribution >= 4 is 33.6 Å². The summed E-state index contributed by atoms with van der Waals surface area (Å²) in [6, 6.07) is 6.05. The first-order valence-electron chi connectivity index (χ1n) is 6.60. The maximum atomic E-state index is 11.8. The number of carbonyl (C=O) groups is 1. The Bertz CT molecular complexity index is 463. The number of benzene rings is 1. The number of hydrogen-bond donors (Lipinski definition) is 2. The van der Waals surface area contributed by atoms with E-state index in [4.69, 9.17) is 5.11 Å². The lowest BCUT2D eigenvalue weighted by atomic mass is 9.90. The molecule has 1 amide bonds. The van der Waals surface area contributed by atoms with Crippen molar-refractivity contribution in [1.29, 1.82) is 0 Å². The van der Waals surface area contributed by atoms with E-state index in [-0.39, 0.29) is 17.9 Å². The Morgan fingerprint density at radius 2 is 2.15 bits per heavy atom. The van der Waals surface area contributed by atoms with Gasteiger partial charge in [0.1, 0.15) is 0 Å². The van der Waals surface area contributed by atoms with Crippen LogP contribution in [0.15, 0.2) is 27.6 Å². The third-order valence-corrected chi connectivity index (χ3v) is 4.72. The van der Waals surface area contributed by atoms with Gasteiger partial charge in [0.15, 0.2) is 0 Å². The normalized spacial score (nSPS) is 11.4. The van der Waals surface area contributed by atoms with E-state index in [9.17, 15) is 4.79 Å². The van der Waals surface area contributed by atoms with Crippen molar-refractivity contribution in [2.24, 2.45) is 5.41 Å². The van der Waals surface area contributed by atoms with Crippen LogP contribution in [0.1, 0.15) is 25.8 Å². The fraction of sp³-hybridized carbons (Fsp3) is 0.533. The van der Waals surface area contributed by atoms with Crippen molar-refractivity contribution in [3.05, 3.63) is 28.2 Å². The molecule has 0 heterocycles. The van der Waals surface area contributed by atoms with E-state index < -0.39 is 0 Å². The smallest absolute Gasteiger partial charge is 0.230 e. The molecule has 1 aromatic rings. The number of rotatable bonds is 7. The Balaban J connectivity index is 2.40. The first kappa shape index (κ1) is 17.5. The number of aliphatic hydroxyl groups excluding tert-OH is 1. The Hall–Kier alpha value is -0.520. The van der Waals surface area contributed by atoms with Crippen LogP contribution in [0, 0.1) is 12.3 Å². The van der Waals surface area contributed by atoms with Crippen LogP contribution in [0.4, 0.5) is 0 Å². The Morgan fingerprint density at radius 1 is 1.45 bits per heavy atom. The summed E-state index contributed by atoms with van der Waals surface area (Å²) < 4.78 is 1.05. The number of nitrogens with one attached hydrogen (secondary N) is 1. The van der Waals surface area contributed by atoms with E-state index in [1.54, 1.807) is 11.8 Å². The molecule has 0 aliphatic rings. The lowest BCUT2D eigenvalue weighted by Crippen LogP contribution is -2.35. The van der Waals surface area contributed by atoms with Gasteiger partial charge in [-0.3, -0.25) is 4.79 Å². The van der Waals surface area contributed by atoms with Crippen LogP contribution in [-0.2, 0) is 4.79 Å². The van der Waals surface area contributed by atoms with Gasteiger partial charge in [0, 0.05) is 22.5 Å². The summed E-state index contributed by atoms with van der Waals surface area (Å²) in [7, 11) is 0. The topological polar surface area (TPSA) is 49.3 Å². The fourth-order valence-electron chi connectivity index (χ4n) is 1.70. The summed E-state index contributed by atoms with van der Waals surface area (Å²) in [5.41, 5.74) is 1.10. The highest BCUT2D eigenvalue weighted by molar-refractivity contribution is 9.10. The summed E-state index contributed by atoms with van der Waals surface area (Å²) in [5.74, 6) is 0.445. The van der Waals surface area contributed by atoms with E-state index >= 15 is 0 Å². The first-order valence-corrected chi connectivity index (χ1v) is 8.38. The number of aryl methyl sites for hydroxylation is 1. The van der Waals surface area contributed by atoms with Gasteiger partial charge < -0.3 is 10.4 Å². The third kappa shape index (κ3) is 6.29.